The summed E-state index contributed by atoms with van der Waals surface area (Å²) in [7, 11) is 3.04. The Labute approximate surface area is 174 Å². The number of hydrogen-bond acceptors (Lipinski definition) is 6. The van der Waals surface area contributed by atoms with E-state index in [0.29, 0.717) is 25.3 Å². The van der Waals surface area contributed by atoms with E-state index < -0.39 is 18.1 Å². The van der Waals surface area contributed by atoms with Crippen LogP contribution in [0.1, 0.15) is 38.5 Å². The van der Waals surface area contributed by atoms with Gasteiger partial charge in [0.25, 0.3) is 0 Å². The lowest BCUT2D eigenvalue weighted by Crippen LogP contribution is -2.42. The fraction of sp³-hybridized carbons (Fsp3) is 0.750. The second-order valence-corrected chi connectivity index (χ2v) is 8.62. The van der Waals surface area contributed by atoms with E-state index in [0.717, 1.165) is 31.4 Å². The first-order valence-electron chi connectivity index (χ1n) is 8.84. The normalized spacial score (nSPS) is 14.9. The molecule has 0 aliphatic carbocycles. The zero-order chi connectivity index (χ0) is 22.3. The summed E-state index contributed by atoms with van der Waals surface area (Å²) < 4.78 is 31.7. The maximum absolute atomic E-state index is 11.9. The standard InChI is InChI=1S/C14H24N2O4S2.C2HF3O2/c17-12(15-7-10-22-21-9-6-14(19)20)11-16-8-4-2-1-3-5-13(16)18;3-2(4,5)1(6)7/h1-11H2,(H,15,17)(H,19,20);(H,6,7). The molecule has 0 saturated carbocycles. The third-order valence-electron chi connectivity index (χ3n) is 3.49. The molecule has 3 N–H and O–H groups in total. The second-order valence-electron chi connectivity index (χ2n) is 5.92. The molecule has 1 rings (SSSR count). The molecule has 8 nitrogen and oxygen atoms in total. The van der Waals surface area contributed by atoms with Crippen molar-refractivity contribution in [1.29, 1.82) is 0 Å². The Morgan fingerprint density at radius 3 is 2.21 bits per heavy atom. The SMILES string of the molecule is O=C(O)C(F)(F)F.O=C(O)CCSSCCNC(=O)CN1CCCCCCC1=O. The first kappa shape index (κ1) is 27.4. The number of amides is 2. The molecule has 0 aromatic heterocycles. The molecule has 1 aliphatic heterocycles. The van der Waals surface area contributed by atoms with E-state index in [9.17, 15) is 27.6 Å². The minimum Gasteiger partial charge on any atom is -0.481 e. The number of carbonyl (C=O) groups is 4. The van der Waals surface area contributed by atoms with E-state index in [-0.39, 0.29) is 24.8 Å². The second kappa shape index (κ2) is 15.2. The van der Waals surface area contributed by atoms with Gasteiger partial charge in [0.1, 0.15) is 0 Å². The van der Waals surface area contributed by atoms with E-state index in [4.69, 9.17) is 15.0 Å². The highest BCUT2D eigenvalue weighted by Crippen LogP contribution is 2.20. The van der Waals surface area contributed by atoms with Crippen LogP contribution in [0.4, 0.5) is 13.2 Å². The van der Waals surface area contributed by atoms with Crippen LogP contribution in [0.2, 0.25) is 0 Å². The Balaban J connectivity index is 0.000000956. The van der Waals surface area contributed by atoms with Crippen LogP contribution in [0.25, 0.3) is 0 Å². The number of carboxylic acids is 2. The summed E-state index contributed by atoms with van der Waals surface area (Å²) in [5.41, 5.74) is 0. The van der Waals surface area contributed by atoms with Crippen molar-refractivity contribution in [3.63, 3.8) is 0 Å². The van der Waals surface area contributed by atoms with Crippen molar-refractivity contribution in [2.45, 2.75) is 44.7 Å². The van der Waals surface area contributed by atoms with Crippen LogP contribution in [0.15, 0.2) is 0 Å². The Hall–Kier alpha value is -1.63. The van der Waals surface area contributed by atoms with Crippen molar-refractivity contribution in [1.82, 2.24) is 10.2 Å². The van der Waals surface area contributed by atoms with Crippen LogP contribution >= 0.6 is 21.6 Å². The first-order chi connectivity index (χ1) is 13.5. The number of carbonyl (C=O) groups excluding carboxylic acids is 2. The monoisotopic (exact) mass is 462 g/mol. The lowest BCUT2D eigenvalue weighted by atomic mass is 10.1. The molecule has 0 spiro atoms. The molecule has 1 saturated heterocycles. The van der Waals surface area contributed by atoms with Gasteiger partial charge in [-0.05, 0) is 12.8 Å². The minimum atomic E-state index is -5.08. The highest BCUT2D eigenvalue weighted by molar-refractivity contribution is 8.76. The van der Waals surface area contributed by atoms with Crippen LogP contribution in [0.5, 0.6) is 0 Å². The summed E-state index contributed by atoms with van der Waals surface area (Å²) in [6, 6.07) is 0. The highest BCUT2D eigenvalue weighted by atomic mass is 33.1. The number of aliphatic carboxylic acids is 2. The van der Waals surface area contributed by atoms with Crippen molar-refractivity contribution >= 4 is 45.3 Å². The highest BCUT2D eigenvalue weighted by Gasteiger charge is 2.38. The van der Waals surface area contributed by atoms with Crippen molar-refractivity contribution in [2.75, 3.05) is 31.1 Å². The molecule has 168 valence electrons. The van der Waals surface area contributed by atoms with E-state index in [1.54, 1.807) is 15.7 Å². The molecule has 0 aromatic rings. The largest absolute Gasteiger partial charge is 0.490 e. The fourth-order valence-electron chi connectivity index (χ4n) is 2.09. The quantitative estimate of drug-likeness (QED) is 0.352. The Morgan fingerprint density at radius 2 is 1.62 bits per heavy atom. The predicted octanol–water partition coefficient (Wildman–Crippen LogP) is 2.38. The third kappa shape index (κ3) is 15.9. The van der Waals surface area contributed by atoms with Gasteiger partial charge in [-0.15, -0.1) is 0 Å². The van der Waals surface area contributed by atoms with Gasteiger partial charge in [0, 0.05) is 31.0 Å². The van der Waals surface area contributed by atoms with Crippen molar-refractivity contribution < 1.29 is 42.6 Å². The molecule has 0 bridgehead atoms. The summed E-state index contributed by atoms with van der Waals surface area (Å²) in [5, 5.41) is 18.4. The average molecular weight is 463 g/mol. The molecular formula is C16H25F3N2O6S2. The van der Waals surface area contributed by atoms with Crippen LogP contribution in [-0.2, 0) is 19.2 Å². The fourth-order valence-corrected chi connectivity index (χ4v) is 3.98. The predicted molar refractivity (Wildman–Crippen MR) is 104 cm³/mol. The molecule has 13 heteroatoms. The van der Waals surface area contributed by atoms with Gasteiger partial charge in [-0.3, -0.25) is 14.4 Å². The summed E-state index contributed by atoms with van der Waals surface area (Å²) >= 11 is 0. The molecule has 1 fully saturated rings. The topological polar surface area (TPSA) is 124 Å². The van der Waals surface area contributed by atoms with Crippen LogP contribution < -0.4 is 5.32 Å². The minimum absolute atomic E-state index is 0.0773. The van der Waals surface area contributed by atoms with E-state index in [1.807, 2.05) is 0 Å². The maximum Gasteiger partial charge on any atom is 0.490 e. The Morgan fingerprint density at radius 1 is 1.03 bits per heavy atom. The van der Waals surface area contributed by atoms with Gasteiger partial charge in [-0.2, -0.15) is 13.2 Å². The zero-order valence-electron chi connectivity index (χ0n) is 15.7. The van der Waals surface area contributed by atoms with Gasteiger partial charge < -0.3 is 20.4 Å². The lowest BCUT2D eigenvalue weighted by Gasteiger charge is -2.24. The maximum atomic E-state index is 11.9. The average Bonchev–Trinajstić information content (AvgIpc) is 2.60. The van der Waals surface area contributed by atoms with Crippen LogP contribution in [-0.4, -0.2) is 76.2 Å². The molecule has 2 amide bonds. The first-order valence-corrected chi connectivity index (χ1v) is 11.3. The lowest BCUT2D eigenvalue weighted by molar-refractivity contribution is -0.192. The smallest absolute Gasteiger partial charge is 0.481 e. The van der Waals surface area contributed by atoms with Gasteiger partial charge in [0.15, 0.2) is 0 Å². The Kier molecular flexibility index (Phi) is 14.4. The van der Waals surface area contributed by atoms with Crippen LogP contribution in [0.3, 0.4) is 0 Å². The Bertz CT molecular complexity index is 549. The molecular weight excluding hydrogens is 437 g/mol. The number of halogens is 3. The number of nitrogens with one attached hydrogen (secondary N) is 1. The molecule has 0 aromatic carbocycles. The number of alkyl halides is 3. The molecule has 1 aliphatic rings. The van der Waals surface area contributed by atoms with Crippen molar-refractivity contribution in [3.8, 4) is 0 Å². The summed E-state index contributed by atoms with van der Waals surface area (Å²) in [5.74, 6) is -2.30. The summed E-state index contributed by atoms with van der Waals surface area (Å²) in [6.07, 6.45) is -0.279. The summed E-state index contributed by atoms with van der Waals surface area (Å²) in [4.78, 5) is 44.6. The van der Waals surface area contributed by atoms with Crippen molar-refractivity contribution in [2.24, 2.45) is 0 Å². The van der Waals surface area contributed by atoms with Gasteiger partial charge in [-0.25, -0.2) is 4.79 Å². The number of nitrogens with zero attached hydrogens (tertiary/aromatic N) is 1. The van der Waals surface area contributed by atoms with Gasteiger partial charge in [0.2, 0.25) is 11.8 Å². The molecule has 1 heterocycles. The van der Waals surface area contributed by atoms with E-state index >= 15 is 0 Å². The molecule has 29 heavy (non-hydrogen) atoms. The van der Waals surface area contributed by atoms with Gasteiger partial charge in [-0.1, -0.05) is 34.4 Å². The number of carboxylic acid groups (broad SMARTS) is 2. The zero-order valence-corrected chi connectivity index (χ0v) is 17.3. The number of rotatable bonds is 9. The third-order valence-corrected chi connectivity index (χ3v) is 5.90. The van der Waals surface area contributed by atoms with Gasteiger partial charge in [0.05, 0.1) is 13.0 Å². The number of hydrogen-bond donors (Lipinski definition) is 3. The van der Waals surface area contributed by atoms with E-state index in [1.165, 1.54) is 10.8 Å². The number of likely N-dealkylation sites (tertiary alicyclic amines) is 1. The molecule has 0 atom stereocenters. The molecule has 0 unspecified atom stereocenters. The molecule has 0 radical (unpaired) electrons. The van der Waals surface area contributed by atoms with Crippen LogP contribution in [0, 0.1) is 0 Å². The van der Waals surface area contributed by atoms with Crippen molar-refractivity contribution in [3.05, 3.63) is 0 Å². The van der Waals surface area contributed by atoms with E-state index in [2.05, 4.69) is 5.32 Å². The van der Waals surface area contributed by atoms with Gasteiger partial charge >= 0.3 is 18.1 Å². The summed E-state index contributed by atoms with van der Waals surface area (Å²) in [6.45, 7) is 1.35.